The Morgan fingerprint density at radius 2 is 1.85 bits per heavy atom. The molecule has 1 aliphatic rings. The molecular formula is C22H23N3O2. The van der Waals surface area contributed by atoms with Gasteiger partial charge in [0.25, 0.3) is 5.91 Å². The van der Waals surface area contributed by atoms with E-state index in [4.69, 9.17) is 4.52 Å². The van der Waals surface area contributed by atoms with Crippen LogP contribution in [0.25, 0.3) is 11.3 Å². The molecule has 0 radical (unpaired) electrons. The fraction of sp³-hybridized carbons (Fsp3) is 0.273. The number of hydrogen-bond acceptors (Lipinski definition) is 4. The molecule has 1 aromatic heterocycles. The van der Waals surface area contributed by atoms with Crippen molar-refractivity contribution in [3.63, 3.8) is 0 Å². The van der Waals surface area contributed by atoms with Crippen LogP contribution >= 0.6 is 0 Å². The molecule has 138 valence electrons. The predicted molar refractivity (Wildman–Crippen MR) is 104 cm³/mol. The minimum atomic E-state index is -0.174. The first-order valence-electron chi connectivity index (χ1n) is 9.37. The lowest BCUT2D eigenvalue weighted by Gasteiger charge is -2.33. The Morgan fingerprint density at radius 3 is 2.63 bits per heavy atom. The molecule has 1 saturated heterocycles. The van der Waals surface area contributed by atoms with Crippen molar-refractivity contribution >= 4 is 5.91 Å². The Kier molecular flexibility index (Phi) is 5.30. The molecule has 1 fully saturated rings. The highest BCUT2D eigenvalue weighted by Crippen LogP contribution is 2.20. The fourth-order valence-electron chi connectivity index (χ4n) is 3.54. The number of nitrogens with zero attached hydrogens (tertiary/aromatic N) is 2. The average molecular weight is 361 g/mol. The van der Waals surface area contributed by atoms with Crippen molar-refractivity contribution in [1.82, 2.24) is 15.4 Å². The maximum Gasteiger partial charge on any atom is 0.273 e. The molecule has 0 saturated carbocycles. The monoisotopic (exact) mass is 361 g/mol. The molecule has 27 heavy (non-hydrogen) atoms. The lowest BCUT2D eigenvalue weighted by atomic mass is 10.0. The van der Waals surface area contributed by atoms with Crippen LogP contribution in [0.2, 0.25) is 0 Å². The van der Waals surface area contributed by atoms with Crippen molar-refractivity contribution in [3.8, 4) is 11.3 Å². The molecular weight excluding hydrogens is 338 g/mol. The summed E-state index contributed by atoms with van der Waals surface area (Å²) < 4.78 is 5.34. The van der Waals surface area contributed by atoms with Gasteiger partial charge >= 0.3 is 0 Å². The van der Waals surface area contributed by atoms with Crippen LogP contribution in [0.15, 0.2) is 71.3 Å². The van der Waals surface area contributed by atoms with E-state index in [0.717, 1.165) is 38.0 Å². The molecule has 0 aliphatic carbocycles. The second-order valence-corrected chi connectivity index (χ2v) is 6.98. The topological polar surface area (TPSA) is 58.4 Å². The fourth-order valence-corrected chi connectivity index (χ4v) is 3.54. The molecule has 0 bridgehead atoms. The quantitative estimate of drug-likeness (QED) is 0.752. The van der Waals surface area contributed by atoms with Gasteiger partial charge in [-0.05, 0) is 24.9 Å². The van der Waals surface area contributed by atoms with E-state index in [1.54, 1.807) is 6.07 Å². The zero-order valence-electron chi connectivity index (χ0n) is 15.2. The van der Waals surface area contributed by atoms with Gasteiger partial charge in [-0.3, -0.25) is 9.69 Å². The van der Waals surface area contributed by atoms with Crippen molar-refractivity contribution in [1.29, 1.82) is 0 Å². The minimum absolute atomic E-state index is 0.131. The molecule has 1 amide bonds. The van der Waals surface area contributed by atoms with E-state index < -0.39 is 0 Å². The van der Waals surface area contributed by atoms with E-state index in [-0.39, 0.29) is 11.9 Å². The Labute approximate surface area is 159 Å². The zero-order chi connectivity index (χ0) is 18.5. The number of benzene rings is 2. The molecule has 1 atom stereocenters. The number of nitrogens with one attached hydrogen (secondary N) is 1. The highest BCUT2D eigenvalue weighted by Gasteiger charge is 2.23. The summed E-state index contributed by atoms with van der Waals surface area (Å²) in [7, 11) is 0. The number of likely N-dealkylation sites (tertiary alicyclic amines) is 1. The van der Waals surface area contributed by atoms with Gasteiger partial charge in [-0.15, -0.1) is 0 Å². The zero-order valence-corrected chi connectivity index (χ0v) is 15.2. The molecule has 5 heteroatoms. The number of aromatic nitrogens is 1. The average Bonchev–Trinajstić information content (AvgIpc) is 3.20. The number of amides is 1. The van der Waals surface area contributed by atoms with Gasteiger partial charge in [0, 0.05) is 30.8 Å². The van der Waals surface area contributed by atoms with Crippen molar-refractivity contribution in [2.45, 2.75) is 25.4 Å². The molecule has 1 N–H and O–H groups in total. The first-order chi connectivity index (χ1) is 13.3. The third-order valence-electron chi connectivity index (χ3n) is 4.89. The molecule has 5 nitrogen and oxygen atoms in total. The van der Waals surface area contributed by atoms with E-state index in [9.17, 15) is 4.79 Å². The highest BCUT2D eigenvalue weighted by molar-refractivity contribution is 5.93. The van der Waals surface area contributed by atoms with Crippen molar-refractivity contribution in [2.75, 3.05) is 13.1 Å². The third-order valence-corrected chi connectivity index (χ3v) is 4.89. The summed E-state index contributed by atoms with van der Waals surface area (Å²) >= 11 is 0. The second-order valence-electron chi connectivity index (χ2n) is 6.98. The second kappa shape index (κ2) is 8.18. The summed E-state index contributed by atoms with van der Waals surface area (Å²) in [6, 6.07) is 22.0. The largest absolute Gasteiger partial charge is 0.355 e. The summed E-state index contributed by atoms with van der Waals surface area (Å²) in [5, 5.41) is 7.06. The van der Waals surface area contributed by atoms with Gasteiger partial charge in [0.05, 0.1) is 0 Å². The van der Waals surface area contributed by atoms with E-state index in [1.807, 2.05) is 36.4 Å². The Bertz CT molecular complexity index is 877. The Morgan fingerprint density at radius 1 is 1.11 bits per heavy atom. The van der Waals surface area contributed by atoms with E-state index in [0.29, 0.717) is 11.5 Å². The van der Waals surface area contributed by atoms with Gasteiger partial charge < -0.3 is 9.84 Å². The first-order valence-corrected chi connectivity index (χ1v) is 9.37. The first kappa shape index (κ1) is 17.5. The van der Waals surface area contributed by atoms with Crippen LogP contribution < -0.4 is 5.32 Å². The van der Waals surface area contributed by atoms with Gasteiger partial charge in [-0.2, -0.15) is 0 Å². The molecule has 0 spiro atoms. The van der Waals surface area contributed by atoms with Crippen LogP contribution in [0.1, 0.15) is 28.9 Å². The van der Waals surface area contributed by atoms with Gasteiger partial charge in [0.1, 0.15) is 0 Å². The number of piperidine rings is 1. The molecule has 4 rings (SSSR count). The van der Waals surface area contributed by atoms with Gasteiger partial charge in [-0.25, -0.2) is 0 Å². The van der Waals surface area contributed by atoms with Crippen LogP contribution in [-0.4, -0.2) is 35.1 Å². The maximum atomic E-state index is 12.6. The third kappa shape index (κ3) is 4.44. The number of carbonyl (C=O) groups is 1. The summed E-state index contributed by atoms with van der Waals surface area (Å²) in [6.07, 6.45) is 2.06. The SMILES string of the molecule is O=C(NC1CCCN(Cc2ccccc2)C1)c1cc(-c2ccccc2)on1. The van der Waals surface area contributed by atoms with Crippen LogP contribution in [-0.2, 0) is 6.54 Å². The predicted octanol–water partition coefficient (Wildman–Crippen LogP) is 3.74. The molecule has 3 aromatic rings. The van der Waals surface area contributed by atoms with Gasteiger partial charge in [0.15, 0.2) is 11.5 Å². The summed E-state index contributed by atoms with van der Waals surface area (Å²) in [5.74, 6) is 0.433. The molecule has 2 heterocycles. The Hall–Kier alpha value is -2.92. The van der Waals surface area contributed by atoms with Crippen LogP contribution in [0.3, 0.4) is 0 Å². The van der Waals surface area contributed by atoms with Gasteiger partial charge in [0.2, 0.25) is 0 Å². The molecule has 2 aromatic carbocycles. The highest BCUT2D eigenvalue weighted by atomic mass is 16.5. The van der Waals surface area contributed by atoms with Crippen LogP contribution in [0.4, 0.5) is 0 Å². The number of carbonyl (C=O) groups excluding carboxylic acids is 1. The molecule has 1 aliphatic heterocycles. The van der Waals surface area contributed by atoms with E-state index >= 15 is 0 Å². The van der Waals surface area contributed by atoms with E-state index in [1.165, 1.54) is 5.56 Å². The summed E-state index contributed by atoms with van der Waals surface area (Å²) in [6.45, 7) is 2.82. The van der Waals surface area contributed by atoms with E-state index in [2.05, 4.69) is 39.6 Å². The van der Waals surface area contributed by atoms with Crippen molar-refractivity contribution < 1.29 is 9.32 Å². The number of rotatable bonds is 5. The smallest absolute Gasteiger partial charge is 0.273 e. The van der Waals surface area contributed by atoms with Crippen LogP contribution in [0, 0.1) is 0 Å². The maximum absolute atomic E-state index is 12.6. The van der Waals surface area contributed by atoms with Gasteiger partial charge in [-0.1, -0.05) is 65.8 Å². The van der Waals surface area contributed by atoms with Crippen molar-refractivity contribution in [2.24, 2.45) is 0 Å². The number of hydrogen-bond donors (Lipinski definition) is 1. The summed E-state index contributed by atoms with van der Waals surface area (Å²) in [5.41, 5.74) is 2.54. The molecule has 1 unspecified atom stereocenters. The standard InChI is InChI=1S/C22H23N3O2/c26-22(20-14-21(27-24-20)18-10-5-2-6-11-18)23-19-12-7-13-25(16-19)15-17-8-3-1-4-9-17/h1-6,8-11,14,19H,7,12-13,15-16H2,(H,23,26). The normalized spacial score (nSPS) is 17.6. The lowest BCUT2D eigenvalue weighted by molar-refractivity contribution is 0.0892. The minimum Gasteiger partial charge on any atom is -0.355 e. The van der Waals surface area contributed by atoms with Crippen molar-refractivity contribution in [3.05, 3.63) is 78.0 Å². The van der Waals surface area contributed by atoms with Crippen LogP contribution in [0.5, 0.6) is 0 Å². The lowest BCUT2D eigenvalue weighted by Crippen LogP contribution is -2.47. The Balaban J connectivity index is 1.36. The summed E-state index contributed by atoms with van der Waals surface area (Å²) in [4.78, 5) is 15.0.